The molecule has 0 bridgehead atoms. The summed E-state index contributed by atoms with van der Waals surface area (Å²) >= 11 is 0. The third kappa shape index (κ3) is 3.71. The molecule has 110 valence electrons. The maximum atomic E-state index is 5.98. The number of fused-ring (bicyclic) bond motifs is 1. The van der Waals surface area contributed by atoms with Crippen LogP contribution in [-0.2, 0) is 4.74 Å². The van der Waals surface area contributed by atoms with Crippen molar-refractivity contribution in [2.45, 2.75) is 76.0 Å². The van der Waals surface area contributed by atoms with Crippen LogP contribution >= 0.6 is 0 Å². The summed E-state index contributed by atoms with van der Waals surface area (Å²) in [7, 11) is 0. The molecule has 3 fully saturated rings. The van der Waals surface area contributed by atoms with Crippen LogP contribution in [-0.4, -0.2) is 49.3 Å². The van der Waals surface area contributed by atoms with Crippen molar-refractivity contribution in [1.29, 1.82) is 0 Å². The second-order valence-corrected chi connectivity index (χ2v) is 6.58. The highest BCUT2D eigenvalue weighted by atomic mass is 16.5. The van der Waals surface area contributed by atoms with Gasteiger partial charge in [-0.2, -0.15) is 0 Å². The van der Waals surface area contributed by atoms with Gasteiger partial charge in [-0.15, -0.1) is 0 Å². The molecule has 2 saturated heterocycles. The summed E-state index contributed by atoms with van der Waals surface area (Å²) in [5.74, 6) is 0. The highest BCUT2D eigenvalue weighted by Gasteiger charge is 2.36. The van der Waals surface area contributed by atoms with Gasteiger partial charge in [0.2, 0.25) is 0 Å². The minimum Gasteiger partial charge on any atom is -0.378 e. The molecule has 2 aliphatic heterocycles. The molecule has 1 aliphatic carbocycles. The molecule has 2 unspecified atom stereocenters. The van der Waals surface area contributed by atoms with Gasteiger partial charge in [0.05, 0.1) is 6.10 Å². The summed E-state index contributed by atoms with van der Waals surface area (Å²) in [5.41, 5.74) is 0. The normalized spacial score (nSPS) is 32.8. The molecule has 1 saturated carbocycles. The maximum absolute atomic E-state index is 5.98. The summed E-state index contributed by atoms with van der Waals surface area (Å²) in [5, 5.41) is 3.77. The van der Waals surface area contributed by atoms with Gasteiger partial charge in [-0.25, -0.2) is 0 Å². The summed E-state index contributed by atoms with van der Waals surface area (Å²) in [6.07, 6.45) is 12.7. The lowest BCUT2D eigenvalue weighted by Gasteiger charge is -2.23. The minimum absolute atomic E-state index is 0.575. The first-order chi connectivity index (χ1) is 9.43. The Morgan fingerprint density at radius 1 is 0.947 bits per heavy atom. The Bertz CT molecular complexity index is 265. The average molecular weight is 266 g/mol. The Hall–Kier alpha value is -0.120. The largest absolute Gasteiger partial charge is 0.378 e. The molecule has 3 aliphatic rings. The maximum Gasteiger partial charge on any atom is 0.0575 e. The highest BCUT2D eigenvalue weighted by Crippen LogP contribution is 2.27. The van der Waals surface area contributed by atoms with E-state index in [0.29, 0.717) is 6.10 Å². The third-order valence-electron chi connectivity index (χ3n) is 5.24. The molecule has 0 spiro atoms. The summed E-state index contributed by atoms with van der Waals surface area (Å²) < 4.78 is 5.98. The molecular weight excluding hydrogens is 236 g/mol. The Morgan fingerprint density at radius 3 is 2.74 bits per heavy atom. The van der Waals surface area contributed by atoms with E-state index in [-0.39, 0.29) is 0 Å². The molecule has 0 aromatic rings. The number of ether oxygens (including phenoxy) is 1. The van der Waals surface area contributed by atoms with Gasteiger partial charge >= 0.3 is 0 Å². The van der Waals surface area contributed by atoms with Crippen LogP contribution in [0.5, 0.6) is 0 Å². The molecule has 0 aromatic carbocycles. The van der Waals surface area contributed by atoms with Crippen molar-refractivity contribution in [2.24, 2.45) is 0 Å². The lowest BCUT2D eigenvalue weighted by atomic mass is 9.98. The fourth-order valence-corrected chi connectivity index (χ4v) is 4.16. The average Bonchev–Trinajstić information content (AvgIpc) is 3.04. The molecule has 1 N–H and O–H groups in total. The van der Waals surface area contributed by atoms with E-state index in [1.165, 1.54) is 70.9 Å². The second kappa shape index (κ2) is 7.05. The van der Waals surface area contributed by atoms with Crippen molar-refractivity contribution in [3.8, 4) is 0 Å². The van der Waals surface area contributed by atoms with E-state index in [1.807, 2.05) is 0 Å². The van der Waals surface area contributed by atoms with Gasteiger partial charge in [0.1, 0.15) is 0 Å². The van der Waals surface area contributed by atoms with Crippen molar-refractivity contribution in [3.63, 3.8) is 0 Å². The molecular formula is C16H30N2O. The summed E-state index contributed by atoms with van der Waals surface area (Å²) in [6.45, 7) is 4.76. The van der Waals surface area contributed by atoms with Crippen LogP contribution in [0.15, 0.2) is 0 Å². The van der Waals surface area contributed by atoms with E-state index in [9.17, 15) is 0 Å². The van der Waals surface area contributed by atoms with Crippen LogP contribution in [0.25, 0.3) is 0 Å². The lowest BCUT2D eigenvalue weighted by Crippen LogP contribution is -2.39. The van der Waals surface area contributed by atoms with Gasteiger partial charge in [-0.3, -0.25) is 4.90 Å². The van der Waals surface area contributed by atoms with Crippen molar-refractivity contribution in [3.05, 3.63) is 0 Å². The Labute approximate surface area is 118 Å². The van der Waals surface area contributed by atoms with Gasteiger partial charge < -0.3 is 10.1 Å². The molecule has 19 heavy (non-hydrogen) atoms. The van der Waals surface area contributed by atoms with Gasteiger partial charge in [0.25, 0.3) is 0 Å². The van der Waals surface area contributed by atoms with Crippen molar-refractivity contribution >= 4 is 0 Å². The zero-order valence-electron chi connectivity index (χ0n) is 12.3. The number of hydrogen-bond donors (Lipinski definition) is 1. The first-order valence-electron chi connectivity index (χ1n) is 8.52. The zero-order chi connectivity index (χ0) is 12.9. The van der Waals surface area contributed by atoms with E-state index in [0.717, 1.165) is 25.2 Å². The molecule has 0 amide bonds. The van der Waals surface area contributed by atoms with Crippen LogP contribution in [0.3, 0.4) is 0 Å². The molecule has 3 heteroatoms. The van der Waals surface area contributed by atoms with Crippen molar-refractivity contribution in [1.82, 2.24) is 10.2 Å². The van der Waals surface area contributed by atoms with Gasteiger partial charge in [0, 0.05) is 25.2 Å². The number of nitrogens with one attached hydrogen (secondary N) is 1. The topological polar surface area (TPSA) is 24.5 Å². The van der Waals surface area contributed by atoms with E-state index in [4.69, 9.17) is 4.74 Å². The fourth-order valence-electron chi connectivity index (χ4n) is 4.16. The van der Waals surface area contributed by atoms with Gasteiger partial charge in [-0.05, 0) is 51.6 Å². The Balaban J connectivity index is 1.25. The first-order valence-corrected chi connectivity index (χ1v) is 8.52. The van der Waals surface area contributed by atoms with E-state index in [2.05, 4.69) is 10.2 Å². The fraction of sp³-hybridized carbons (Fsp3) is 1.00. The van der Waals surface area contributed by atoms with Crippen LogP contribution in [0.1, 0.15) is 57.8 Å². The first kappa shape index (κ1) is 13.8. The predicted molar refractivity (Wildman–Crippen MR) is 78.4 cm³/mol. The quantitative estimate of drug-likeness (QED) is 0.748. The molecule has 0 aromatic heterocycles. The summed E-state index contributed by atoms with van der Waals surface area (Å²) in [6, 6.07) is 1.61. The Morgan fingerprint density at radius 2 is 1.84 bits per heavy atom. The third-order valence-corrected chi connectivity index (χ3v) is 5.24. The van der Waals surface area contributed by atoms with Crippen LogP contribution in [0, 0.1) is 0 Å². The van der Waals surface area contributed by atoms with Crippen molar-refractivity contribution < 1.29 is 4.74 Å². The van der Waals surface area contributed by atoms with Crippen LogP contribution in [0.2, 0.25) is 0 Å². The molecule has 2 atom stereocenters. The molecule has 3 rings (SSSR count). The Kier molecular flexibility index (Phi) is 5.14. The predicted octanol–water partition coefficient (Wildman–Crippen LogP) is 2.55. The summed E-state index contributed by atoms with van der Waals surface area (Å²) in [4.78, 5) is 2.68. The second-order valence-electron chi connectivity index (χ2n) is 6.58. The van der Waals surface area contributed by atoms with Crippen LogP contribution < -0.4 is 5.32 Å². The molecule has 2 heterocycles. The smallest absolute Gasteiger partial charge is 0.0575 e. The molecule has 3 nitrogen and oxygen atoms in total. The molecule has 0 radical (unpaired) electrons. The monoisotopic (exact) mass is 266 g/mol. The SMILES string of the molecule is C1CCC(OCCCNC2CCN3CCCC23)CC1. The van der Waals surface area contributed by atoms with Gasteiger partial charge in [0.15, 0.2) is 0 Å². The van der Waals surface area contributed by atoms with Crippen LogP contribution in [0.4, 0.5) is 0 Å². The van der Waals surface area contributed by atoms with E-state index < -0.39 is 0 Å². The number of hydrogen-bond acceptors (Lipinski definition) is 3. The van der Waals surface area contributed by atoms with E-state index in [1.54, 1.807) is 0 Å². The zero-order valence-corrected chi connectivity index (χ0v) is 12.3. The van der Waals surface area contributed by atoms with Gasteiger partial charge in [-0.1, -0.05) is 19.3 Å². The van der Waals surface area contributed by atoms with Crippen molar-refractivity contribution in [2.75, 3.05) is 26.2 Å². The van der Waals surface area contributed by atoms with E-state index >= 15 is 0 Å². The number of nitrogens with zero attached hydrogens (tertiary/aromatic N) is 1. The lowest BCUT2D eigenvalue weighted by molar-refractivity contribution is 0.0270. The minimum atomic E-state index is 0.575. The highest BCUT2D eigenvalue weighted by molar-refractivity contribution is 4.95. The number of rotatable bonds is 6. The standard InChI is InChI=1S/C16H30N2O/c1-2-6-14(7-3-1)19-13-5-10-17-15-9-12-18-11-4-8-16(15)18/h14-17H,1-13H2.